The van der Waals surface area contributed by atoms with Crippen LogP contribution in [0.15, 0.2) is 43.1 Å². The number of nitrogens with one attached hydrogen (secondary N) is 2. The van der Waals surface area contributed by atoms with Crippen LogP contribution in [-0.4, -0.2) is 31.6 Å². The van der Waals surface area contributed by atoms with Crippen molar-refractivity contribution < 1.29 is 4.79 Å². The molecule has 1 aliphatic rings. The van der Waals surface area contributed by atoms with E-state index < -0.39 is 5.54 Å². The molecule has 0 bridgehead atoms. The zero-order valence-electron chi connectivity index (χ0n) is 15.8. The number of H-pyrrole nitrogens is 1. The zero-order chi connectivity index (χ0) is 20.0. The number of rotatable bonds is 5. The topological polar surface area (TPSA) is 122 Å². The van der Waals surface area contributed by atoms with Gasteiger partial charge in [0.25, 0.3) is 0 Å². The first kappa shape index (κ1) is 17.3. The van der Waals surface area contributed by atoms with Gasteiger partial charge in [-0.1, -0.05) is 0 Å². The molecule has 8 heteroatoms. The summed E-state index contributed by atoms with van der Waals surface area (Å²) < 4.78 is 0. The average Bonchev–Trinajstić information content (AvgIpc) is 3.31. The number of nitrogens with two attached hydrogens (primary N) is 1. The molecule has 0 unspecified atom stereocenters. The van der Waals surface area contributed by atoms with Crippen molar-refractivity contribution in [1.29, 1.82) is 0 Å². The molecule has 0 aliphatic heterocycles. The summed E-state index contributed by atoms with van der Waals surface area (Å²) in [6, 6.07) is 3.95. The lowest BCUT2D eigenvalue weighted by molar-refractivity contribution is -0.110. The van der Waals surface area contributed by atoms with Crippen LogP contribution in [0.1, 0.15) is 24.1 Å². The van der Waals surface area contributed by atoms with Crippen molar-refractivity contribution in [2.24, 2.45) is 0 Å². The number of aromatic amines is 1. The third-order valence-electron chi connectivity index (χ3n) is 5.57. The predicted octanol–water partition coefficient (Wildman–Crippen LogP) is 2.71. The van der Waals surface area contributed by atoms with E-state index in [2.05, 4.69) is 25.5 Å². The third-order valence-corrected chi connectivity index (χ3v) is 5.57. The van der Waals surface area contributed by atoms with E-state index in [9.17, 15) is 4.79 Å². The number of hydrogen-bond acceptors (Lipinski definition) is 6. The number of hydrogen-bond donors (Lipinski definition) is 3. The summed E-state index contributed by atoms with van der Waals surface area (Å²) in [5.41, 5.74) is 11.3. The van der Waals surface area contributed by atoms with Crippen LogP contribution in [-0.2, 0) is 10.3 Å². The summed E-state index contributed by atoms with van der Waals surface area (Å²) >= 11 is 0. The van der Waals surface area contributed by atoms with Gasteiger partial charge in [-0.05, 0) is 42.8 Å². The Morgan fingerprint density at radius 1 is 1.24 bits per heavy atom. The van der Waals surface area contributed by atoms with Gasteiger partial charge in [0.1, 0.15) is 5.82 Å². The Balaban J connectivity index is 1.85. The second-order valence-electron chi connectivity index (χ2n) is 7.36. The Morgan fingerprint density at radius 3 is 2.79 bits per heavy atom. The monoisotopic (exact) mass is 385 g/mol. The highest BCUT2D eigenvalue weighted by Crippen LogP contribution is 2.46. The minimum Gasteiger partial charge on any atom is -0.383 e. The van der Waals surface area contributed by atoms with Gasteiger partial charge in [0.05, 0.1) is 23.1 Å². The molecule has 144 valence electrons. The van der Waals surface area contributed by atoms with Gasteiger partial charge in [0.2, 0.25) is 6.41 Å². The van der Waals surface area contributed by atoms with Crippen molar-refractivity contribution in [3.05, 3.63) is 54.4 Å². The van der Waals surface area contributed by atoms with E-state index in [1.54, 1.807) is 24.8 Å². The van der Waals surface area contributed by atoms with Gasteiger partial charge in [-0.15, -0.1) is 0 Å². The minimum absolute atomic E-state index is 0.397. The van der Waals surface area contributed by atoms with Gasteiger partial charge >= 0.3 is 0 Å². The van der Waals surface area contributed by atoms with Crippen LogP contribution in [0, 0.1) is 6.92 Å². The summed E-state index contributed by atoms with van der Waals surface area (Å²) in [6.07, 6.45) is 11.3. The van der Waals surface area contributed by atoms with Crippen LogP contribution in [0.25, 0.3) is 33.2 Å². The Hall–Kier alpha value is -3.81. The summed E-state index contributed by atoms with van der Waals surface area (Å²) in [7, 11) is 0. The highest BCUT2D eigenvalue weighted by Gasteiger charge is 2.45. The SMILES string of the molecule is Cc1ccncc1-c1nc(N)c2cnc(C3(NC=O)CC3)cc2c1-c1cn[nH]c1. The predicted molar refractivity (Wildman–Crippen MR) is 110 cm³/mol. The maximum Gasteiger partial charge on any atom is 0.207 e. The van der Waals surface area contributed by atoms with Crippen molar-refractivity contribution in [2.45, 2.75) is 25.3 Å². The molecular formula is C21H19N7O. The van der Waals surface area contributed by atoms with Gasteiger partial charge in [-0.25, -0.2) is 4.98 Å². The smallest absolute Gasteiger partial charge is 0.207 e. The largest absolute Gasteiger partial charge is 0.383 e. The third kappa shape index (κ3) is 2.72. The molecule has 5 rings (SSSR count). The highest BCUT2D eigenvalue weighted by atomic mass is 16.1. The fraction of sp³-hybridized carbons (Fsp3) is 0.190. The number of carbonyl (C=O) groups is 1. The Labute approximate surface area is 166 Å². The molecule has 4 N–H and O–H groups in total. The van der Waals surface area contributed by atoms with Gasteiger partial charge in [-0.3, -0.25) is 19.9 Å². The van der Waals surface area contributed by atoms with Crippen LogP contribution < -0.4 is 11.1 Å². The van der Waals surface area contributed by atoms with Gasteiger partial charge in [0, 0.05) is 46.9 Å². The number of nitrogen functional groups attached to an aromatic ring is 1. The number of amides is 1. The lowest BCUT2D eigenvalue weighted by atomic mass is 9.94. The van der Waals surface area contributed by atoms with Crippen molar-refractivity contribution in [3.8, 4) is 22.4 Å². The van der Waals surface area contributed by atoms with Crippen molar-refractivity contribution in [2.75, 3.05) is 5.73 Å². The standard InChI is InChI=1S/C21H19N7O/c1-12-2-5-23-9-15(12)19-18(13-7-26-27-8-13)14-6-17(21(3-4-21)25-11-29)24-10-16(14)20(22)28-19/h2,5-11H,3-4H2,1H3,(H2,22,28)(H,25,29)(H,26,27). The van der Waals surface area contributed by atoms with E-state index >= 15 is 0 Å². The van der Waals surface area contributed by atoms with Crippen LogP contribution in [0.3, 0.4) is 0 Å². The quantitative estimate of drug-likeness (QED) is 0.454. The van der Waals surface area contributed by atoms with E-state index in [1.807, 2.05) is 25.3 Å². The van der Waals surface area contributed by atoms with Crippen LogP contribution >= 0.6 is 0 Å². The molecule has 1 saturated carbocycles. The van der Waals surface area contributed by atoms with E-state index in [1.165, 1.54) is 0 Å². The first-order valence-electron chi connectivity index (χ1n) is 9.34. The fourth-order valence-electron chi connectivity index (χ4n) is 3.79. The lowest BCUT2D eigenvalue weighted by Crippen LogP contribution is -2.28. The fourth-order valence-corrected chi connectivity index (χ4v) is 3.79. The van der Waals surface area contributed by atoms with E-state index in [-0.39, 0.29) is 0 Å². The number of nitrogens with zero attached hydrogens (tertiary/aromatic N) is 4. The molecular weight excluding hydrogens is 366 g/mol. The highest BCUT2D eigenvalue weighted by molar-refractivity contribution is 6.06. The van der Waals surface area contributed by atoms with E-state index in [4.69, 9.17) is 10.7 Å². The first-order valence-corrected chi connectivity index (χ1v) is 9.34. The minimum atomic E-state index is -0.397. The van der Waals surface area contributed by atoms with Crippen molar-refractivity contribution in [3.63, 3.8) is 0 Å². The number of anilines is 1. The zero-order valence-corrected chi connectivity index (χ0v) is 15.8. The molecule has 0 radical (unpaired) electrons. The molecule has 0 spiro atoms. The van der Waals surface area contributed by atoms with Crippen LogP contribution in [0.2, 0.25) is 0 Å². The maximum absolute atomic E-state index is 11.1. The summed E-state index contributed by atoms with van der Waals surface area (Å²) in [4.78, 5) is 24.7. The molecule has 1 aliphatic carbocycles. The normalized spacial score (nSPS) is 14.7. The molecule has 29 heavy (non-hydrogen) atoms. The second kappa shape index (κ2) is 6.37. The second-order valence-corrected chi connectivity index (χ2v) is 7.36. The van der Waals surface area contributed by atoms with Crippen LogP contribution in [0.4, 0.5) is 5.82 Å². The van der Waals surface area contributed by atoms with Crippen molar-refractivity contribution >= 4 is 23.0 Å². The molecule has 1 amide bonds. The van der Waals surface area contributed by atoms with Gasteiger partial charge in [0.15, 0.2) is 0 Å². The number of fused-ring (bicyclic) bond motifs is 1. The van der Waals surface area contributed by atoms with E-state index in [0.29, 0.717) is 5.82 Å². The Morgan fingerprint density at radius 2 is 2.10 bits per heavy atom. The van der Waals surface area contributed by atoms with Crippen molar-refractivity contribution in [1.82, 2.24) is 30.5 Å². The molecule has 0 atom stereocenters. The Bertz CT molecular complexity index is 1230. The van der Waals surface area contributed by atoms with Gasteiger partial charge in [-0.2, -0.15) is 5.10 Å². The lowest BCUT2D eigenvalue weighted by Gasteiger charge is -2.18. The summed E-state index contributed by atoms with van der Waals surface area (Å²) in [5, 5.41) is 11.6. The molecule has 4 aromatic rings. The average molecular weight is 385 g/mol. The first-order chi connectivity index (χ1) is 14.1. The Kier molecular flexibility index (Phi) is 3.80. The maximum atomic E-state index is 11.1. The van der Waals surface area contributed by atoms with E-state index in [0.717, 1.165) is 63.7 Å². The molecule has 4 heterocycles. The number of carbonyl (C=O) groups excluding carboxylic acids is 1. The molecule has 8 nitrogen and oxygen atoms in total. The number of pyridine rings is 3. The number of aryl methyl sites for hydroxylation is 1. The van der Waals surface area contributed by atoms with Gasteiger partial charge < -0.3 is 11.1 Å². The summed E-state index contributed by atoms with van der Waals surface area (Å²) in [5.74, 6) is 0.401. The molecule has 0 aromatic carbocycles. The summed E-state index contributed by atoms with van der Waals surface area (Å²) in [6.45, 7) is 2.02. The molecule has 1 fully saturated rings. The van der Waals surface area contributed by atoms with Crippen LogP contribution in [0.5, 0.6) is 0 Å². The number of aromatic nitrogens is 5. The molecule has 0 saturated heterocycles. The molecule has 4 aromatic heterocycles.